The topological polar surface area (TPSA) is 78.1 Å². The summed E-state index contributed by atoms with van der Waals surface area (Å²) >= 11 is 0. The molecule has 0 radical (unpaired) electrons. The van der Waals surface area contributed by atoms with E-state index in [1.165, 1.54) is 7.11 Å². The zero-order valence-corrected chi connectivity index (χ0v) is 11.2. The van der Waals surface area contributed by atoms with Crippen molar-refractivity contribution >= 4 is 5.97 Å². The molecule has 0 N–H and O–H groups in total. The molecule has 0 aliphatic heterocycles. The molecule has 6 heteroatoms. The molecule has 0 atom stereocenters. The highest BCUT2D eigenvalue weighted by atomic mass is 16.5. The second-order valence-corrected chi connectivity index (χ2v) is 4.22. The van der Waals surface area contributed by atoms with Crippen LogP contribution < -0.4 is 0 Å². The molecule has 0 saturated heterocycles. The Bertz CT molecular complexity index is 769. The van der Waals surface area contributed by atoms with Crippen molar-refractivity contribution in [2.75, 3.05) is 7.11 Å². The van der Waals surface area contributed by atoms with Gasteiger partial charge in [-0.1, -0.05) is 6.07 Å². The first-order valence-corrected chi connectivity index (χ1v) is 6.20. The van der Waals surface area contributed by atoms with E-state index >= 15 is 0 Å². The van der Waals surface area contributed by atoms with Crippen molar-refractivity contribution in [1.29, 1.82) is 0 Å². The van der Waals surface area contributed by atoms with E-state index in [4.69, 9.17) is 4.42 Å². The largest absolute Gasteiger partial charge is 0.465 e. The third-order valence-electron chi connectivity index (χ3n) is 2.88. The second-order valence-electron chi connectivity index (χ2n) is 4.22. The molecule has 1 aromatic carbocycles. The lowest BCUT2D eigenvalue weighted by Crippen LogP contribution is -2.00. The van der Waals surface area contributed by atoms with Gasteiger partial charge in [-0.2, -0.15) is 0 Å². The fourth-order valence-electron chi connectivity index (χ4n) is 1.85. The van der Waals surface area contributed by atoms with Crippen LogP contribution in [0, 0.1) is 0 Å². The van der Waals surface area contributed by atoms with Gasteiger partial charge in [0.15, 0.2) is 0 Å². The maximum absolute atomic E-state index is 11.5. The van der Waals surface area contributed by atoms with E-state index < -0.39 is 5.97 Å². The maximum Gasteiger partial charge on any atom is 0.337 e. The Morgan fingerprint density at radius 1 is 1.05 bits per heavy atom. The highest BCUT2D eigenvalue weighted by molar-refractivity contribution is 5.90. The molecule has 0 amide bonds. The summed E-state index contributed by atoms with van der Waals surface area (Å²) in [5.74, 6) is 0.328. The number of pyridine rings is 1. The van der Waals surface area contributed by atoms with Gasteiger partial charge in [-0.05, 0) is 30.3 Å². The number of hydrogen-bond donors (Lipinski definition) is 0. The molecule has 0 unspecified atom stereocenters. The molecule has 0 spiro atoms. The van der Waals surface area contributed by atoms with Crippen LogP contribution in [0.25, 0.3) is 22.9 Å². The summed E-state index contributed by atoms with van der Waals surface area (Å²) in [6, 6.07) is 10.4. The SMILES string of the molecule is COC(=O)c1cccc(-c2nnc(-c3ccncc3)o2)c1. The predicted molar refractivity (Wildman–Crippen MR) is 74.3 cm³/mol. The van der Waals surface area contributed by atoms with Crippen LogP contribution in [0.15, 0.2) is 53.2 Å². The number of esters is 1. The summed E-state index contributed by atoms with van der Waals surface area (Å²) in [6.45, 7) is 0. The summed E-state index contributed by atoms with van der Waals surface area (Å²) in [7, 11) is 1.34. The summed E-state index contributed by atoms with van der Waals surface area (Å²) in [5, 5.41) is 8.00. The second kappa shape index (κ2) is 5.54. The Hall–Kier alpha value is -3.02. The third-order valence-corrected chi connectivity index (χ3v) is 2.88. The number of nitrogens with zero attached hydrogens (tertiary/aromatic N) is 3. The monoisotopic (exact) mass is 281 g/mol. The summed E-state index contributed by atoms with van der Waals surface area (Å²) in [6.07, 6.45) is 3.30. The molecule has 2 aromatic heterocycles. The van der Waals surface area contributed by atoms with Crippen molar-refractivity contribution in [1.82, 2.24) is 15.2 Å². The molecule has 6 nitrogen and oxygen atoms in total. The van der Waals surface area contributed by atoms with Crippen LogP contribution in [0.3, 0.4) is 0 Å². The van der Waals surface area contributed by atoms with E-state index in [0.29, 0.717) is 22.9 Å². The Morgan fingerprint density at radius 3 is 2.48 bits per heavy atom. The van der Waals surface area contributed by atoms with Crippen LogP contribution in [0.1, 0.15) is 10.4 Å². The Kier molecular flexibility index (Phi) is 3.42. The molecule has 3 rings (SSSR count). The normalized spacial score (nSPS) is 10.3. The highest BCUT2D eigenvalue weighted by Gasteiger charge is 2.12. The van der Waals surface area contributed by atoms with Crippen molar-refractivity contribution in [2.45, 2.75) is 0 Å². The van der Waals surface area contributed by atoms with Gasteiger partial charge in [0.05, 0.1) is 12.7 Å². The highest BCUT2D eigenvalue weighted by Crippen LogP contribution is 2.24. The van der Waals surface area contributed by atoms with Crippen molar-refractivity contribution < 1.29 is 13.9 Å². The minimum atomic E-state index is -0.411. The summed E-state index contributed by atoms with van der Waals surface area (Å²) in [4.78, 5) is 15.5. The maximum atomic E-state index is 11.5. The van der Waals surface area contributed by atoms with E-state index in [1.54, 1.807) is 48.8 Å². The Balaban J connectivity index is 1.95. The fraction of sp³-hybridized carbons (Fsp3) is 0.0667. The van der Waals surface area contributed by atoms with Crippen LogP contribution in [0.4, 0.5) is 0 Å². The van der Waals surface area contributed by atoms with E-state index in [0.717, 1.165) is 5.56 Å². The predicted octanol–water partition coefficient (Wildman–Crippen LogP) is 2.59. The number of carbonyl (C=O) groups is 1. The fourth-order valence-corrected chi connectivity index (χ4v) is 1.85. The zero-order valence-electron chi connectivity index (χ0n) is 11.2. The van der Waals surface area contributed by atoms with Gasteiger partial charge >= 0.3 is 5.97 Å². The molecular formula is C15H11N3O3. The van der Waals surface area contributed by atoms with Crippen molar-refractivity contribution in [3.05, 3.63) is 54.4 Å². The van der Waals surface area contributed by atoms with Crippen molar-refractivity contribution in [3.8, 4) is 22.9 Å². The summed E-state index contributed by atoms with van der Waals surface area (Å²) in [5.41, 5.74) is 1.87. The van der Waals surface area contributed by atoms with E-state index in [-0.39, 0.29) is 0 Å². The van der Waals surface area contributed by atoms with E-state index in [9.17, 15) is 4.79 Å². The smallest absolute Gasteiger partial charge is 0.337 e. The minimum absolute atomic E-state index is 0.340. The number of aromatic nitrogens is 3. The molecule has 104 valence electrons. The quantitative estimate of drug-likeness (QED) is 0.687. The van der Waals surface area contributed by atoms with Gasteiger partial charge < -0.3 is 9.15 Å². The molecule has 2 heterocycles. The minimum Gasteiger partial charge on any atom is -0.465 e. The molecule has 0 fully saturated rings. The number of ether oxygens (including phenoxy) is 1. The van der Waals surface area contributed by atoms with Gasteiger partial charge in [0.2, 0.25) is 11.8 Å². The summed E-state index contributed by atoms with van der Waals surface area (Å²) < 4.78 is 10.3. The van der Waals surface area contributed by atoms with Crippen molar-refractivity contribution in [2.24, 2.45) is 0 Å². The molecule has 0 bridgehead atoms. The van der Waals surface area contributed by atoms with Crippen molar-refractivity contribution in [3.63, 3.8) is 0 Å². The van der Waals surface area contributed by atoms with E-state index in [2.05, 4.69) is 19.9 Å². The number of carbonyl (C=O) groups excluding carboxylic acids is 1. The van der Waals surface area contributed by atoms with Crippen LogP contribution >= 0.6 is 0 Å². The van der Waals surface area contributed by atoms with E-state index in [1.807, 2.05) is 0 Å². The zero-order chi connectivity index (χ0) is 14.7. The Morgan fingerprint density at radius 2 is 1.76 bits per heavy atom. The number of methoxy groups -OCH3 is 1. The van der Waals surface area contributed by atoms with Crippen LogP contribution in [-0.2, 0) is 4.74 Å². The lowest BCUT2D eigenvalue weighted by atomic mass is 10.1. The van der Waals surface area contributed by atoms with Crippen LogP contribution in [0.2, 0.25) is 0 Å². The molecule has 0 aliphatic rings. The number of hydrogen-bond acceptors (Lipinski definition) is 6. The first-order valence-electron chi connectivity index (χ1n) is 6.20. The third kappa shape index (κ3) is 2.64. The Labute approximate surface area is 120 Å². The molecule has 21 heavy (non-hydrogen) atoms. The molecule has 3 aromatic rings. The molecule has 0 aliphatic carbocycles. The van der Waals surface area contributed by atoms with Gasteiger partial charge in [0, 0.05) is 23.5 Å². The van der Waals surface area contributed by atoms with Crippen LogP contribution in [0.5, 0.6) is 0 Å². The van der Waals surface area contributed by atoms with Gasteiger partial charge in [-0.25, -0.2) is 4.79 Å². The molecule has 0 saturated carbocycles. The lowest BCUT2D eigenvalue weighted by Gasteiger charge is -2.00. The van der Waals surface area contributed by atoms with Gasteiger partial charge in [-0.15, -0.1) is 10.2 Å². The average molecular weight is 281 g/mol. The lowest BCUT2D eigenvalue weighted by molar-refractivity contribution is 0.0601. The van der Waals surface area contributed by atoms with Gasteiger partial charge in [0.1, 0.15) is 0 Å². The number of benzene rings is 1. The standard InChI is InChI=1S/C15H11N3O3/c1-20-15(19)12-4-2-3-11(9-12)14-18-17-13(21-14)10-5-7-16-8-6-10/h2-9H,1H3. The first kappa shape index (κ1) is 13.0. The first-order chi connectivity index (χ1) is 10.3. The number of rotatable bonds is 3. The van der Waals surface area contributed by atoms with Gasteiger partial charge in [-0.3, -0.25) is 4.98 Å². The van der Waals surface area contributed by atoms with Crippen LogP contribution in [-0.4, -0.2) is 28.3 Å². The van der Waals surface area contributed by atoms with Gasteiger partial charge in [0.25, 0.3) is 0 Å². The average Bonchev–Trinajstić information content (AvgIpc) is 3.05. The molecular weight excluding hydrogens is 270 g/mol.